The van der Waals surface area contributed by atoms with Crippen LogP contribution >= 0.6 is 0 Å². The molecule has 0 aromatic carbocycles. The summed E-state index contributed by atoms with van der Waals surface area (Å²) in [6, 6.07) is 0. The molecule has 0 bridgehead atoms. The Morgan fingerprint density at radius 2 is 1.58 bits per heavy atom. The van der Waals surface area contributed by atoms with Gasteiger partial charge in [0.05, 0.1) is 6.54 Å². The molecule has 13 heteroatoms. The molecule has 1 aliphatic rings. The number of carboxylic acids is 1. The van der Waals surface area contributed by atoms with Gasteiger partial charge in [-0.15, -0.1) is 0 Å². The summed E-state index contributed by atoms with van der Waals surface area (Å²) in [5.74, 6) is -2.40. The number of carbonyl (C=O) groups excluding carboxylic acids is 3. The van der Waals surface area contributed by atoms with Crippen LogP contribution in [0.1, 0.15) is 54.4 Å². The number of alkyl carbamates (subject to hydrolysis) is 2. The van der Waals surface area contributed by atoms with Crippen molar-refractivity contribution in [3.05, 3.63) is 0 Å². The lowest BCUT2D eigenvalue weighted by molar-refractivity contribution is -0.151. The molecule has 0 aromatic rings. The summed E-state index contributed by atoms with van der Waals surface area (Å²) in [4.78, 5) is 50.5. The summed E-state index contributed by atoms with van der Waals surface area (Å²) < 4.78 is 10.3. The third kappa shape index (κ3) is 10.3. The summed E-state index contributed by atoms with van der Waals surface area (Å²) in [6.07, 6.45) is -1.63. The minimum atomic E-state index is -1.85. The Kier molecular flexibility index (Phi) is 9.55. The van der Waals surface area contributed by atoms with Gasteiger partial charge < -0.3 is 40.2 Å². The van der Waals surface area contributed by atoms with Gasteiger partial charge >= 0.3 is 25.3 Å². The van der Waals surface area contributed by atoms with Crippen molar-refractivity contribution in [2.75, 3.05) is 19.6 Å². The summed E-state index contributed by atoms with van der Waals surface area (Å²) in [5.41, 5.74) is -3.48. The number of piperidine rings is 1. The Morgan fingerprint density at radius 3 is 2.06 bits per heavy atom. The van der Waals surface area contributed by atoms with Crippen LogP contribution in [0, 0.1) is 5.92 Å². The van der Waals surface area contributed by atoms with Crippen LogP contribution in [0.2, 0.25) is 6.32 Å². The number of carboxylic acid groups (broad SMARTS) is 1. The number of nitrogens with zero attached hydrogens (tertiary/aromatic N) is 1. The highest BCUT2D eigenvalue weighted by Crippen LogP contribution is 2.30. The second kappa shape index (κ2) is 11.1. The Bertz CT molecular complexity index is 733. The van der Waals surface area contributed by atoms with Gasteiger partial charge in [0, 0.05) is 6.54 Å². The highest BCUT2D eigenvalue weighted by molar-refractivity contribution is 6.40. The maximum Gasteiger partial charge on any atom is 0.451 e. The monoisotopic (exact) mass is 473 g/mol. The third-order valence-electron chi connectivity index (χ3n) is 4.69. The first-order valence-electron chi connectivity index (χ1n) is 10.8. The van der Waals surface area contributed by atoms with Crippen molar-refractivity contribution in [1.82, 2.24) is 15.5 Å². The molecule has 1 rings (SSSR count). The zero-order chi connectivity index (χ0) is 25.6. The van der Waals surface area contributed by atoms with Crippen molar-refractivity contribution in [3.8, 4) is 0 Å². The van der Waals surface area contributed by atoms with Crippen LogP contribution in [0.3, 0.4) is 0 Å². The second-order valence-corrected chi connectivity index (χ2v) is 10.3. The fraction of sp³-hybridized carbons (Fsp3) is 0.800. The minimum Gasteiger partial charge on any atom is -0.479 e. The van der Waals surface area contributed by atoms with E-state index >= 15 is 0 Å². The molecule has 0 aromatic heterocycles. The lowest BCUT2D eigenvalue weighted by atomic mass is 9.75. The smallest absolute Gasteiger partial charge is 0.451 e. The van der Waals surface area contributed by atoms with E-state index in [0.717, 1.165) is 0 Å². The molecule has 1 saturated heterocycles. The van der Waals surface area contributed by atoms with Gasteiger partial charge in [0.15, 0.2) is 5.54 Å². The Balaban J connectivity index is 3.04. The zero-order valence-corrected chi connectivity index (χ0v) is 20.1. The SMILES string of the molecule is CC(C)(C)OC(=O)NCC(=O)N1C[C@@H](CCB(O)O)C[C@](NC(=O)OC(C)(C)C)(C(=O)O)C1. The van der Waals surface area contributed by atoms with E-state index in [-0.39, 0.29) is 32.3 Å². The van der Waals surface area contributed by atoms with Gasteiger partial charge in [-0.1, -0.05) is 6.42 Å². The molecule has 3 amide bonds. The number of hydrogen-bond donors (Lipinski definition) is 5. The maximum atomic E-state index is 12.8. The third-order valence-corrected chi connectivity index (χ3v) is 4.69. The Hall–Kier alpha value is -2.54. The van der Waals surface area contributed by atoms with Crippen LogP contribution in [-0.2, 0) is 19.1 Å². The number of aliphatic carboxylic acids is 1. The van der Waals surface area contributed by atoms with Gasteiger partial charge in [-0.3, -0.25) is 4.79 Å². The molecule has 0 radical (unpaired) electrons. The van der Waals surface area contributed by atoms with E-state index in [1.54, 1.807) is 41.5 Å². The van der Waals surface area contributed by atoms with Crippen LogP contribution in [0.4, 0.5) is 9.59 Å². The van der Waals surface area contributed by atoms with Gasteiger partial charge in [-0.2, -0.15) is 0 Å². The predicted molar refractivity (Wildman–Crippen MR) is 118 cm³/mol. The average Bonchev–Trinajstić information content (AvgIpc) is 2.61. The highest BCUT2D eigenvalue weighted by Gasteiger charge is 2.49. The summed E-state index contributed by atoms with van der Waals surface area (Å²) in [7, 11) is -1.59. The minimum absolute atomic E-state index is 0.0367. The first kappa shape index (κ1) is 28.5. The molecule has 0 unspecified atom stereocenters. The number of rotatable bonds is 7. The van der Waals surface area contributed by atoms with Gasteiger partial charge in [-0.25, -0.2) is 14.4 Å². The number of ether oxygens (including phenoxy) is 2. The molecule has 1 fully saturated rings. The summed E-state index contributed by atoms with van der Waals surface area (Å²) in [5, 5.41) is 33.1. The molecule has 0 spiro atoms. The van der Waals surface area contributed by atoms with Crippen LogP contribution in [0.15, 0.2) is 0 Å². The van der Waals surface area contributed by atoms with E-state index in [1.807, 2.05) is 0 Å². The number of hydrogen-bond acceptors (Lipinski definition) is 8. The molecular formula is C20H36BN3O9. The molecule has 0 saturated carbocycles. The zero-order valence-electron chi connectivity index (χ0n) is 20.1. The molecule has 188 valence electrons. The summed E-state index contributed by atoms with van der Waals surface area (Å²) in [6.45, 7) is 9.22. The molecule has 12 nitrogen and oxygen atoms in total. The second-order valence-electron chi connectivity index (χ2n) is 10.3. The van der Waals surface area contributed by atoms with Gasteiger partial charge in [0.2, 0.25) is 5.91 Å². The lowest BCUT2D eigenvalue weighted by Gasteiger charge is -2.44. The molecule has 2 atom stereocenters. The van der Waals surface area contributed by atoms with E-state index in [2.05, 4.69) is 10.6 Å². The van der Waals surface area contributed by atoms with Crippen LogP contribution in [0.5, 0.6) is 0 Å². The first-order valence-corrected chi connectivity index (χ1v) is 10.8. The van der Waals surface area contributed by atoms with E-state index in [0.29, 0.717) is 0 Å². The average molecular weight is 473 g/mol. The molecule has 5 N–H and O–H groups in total. The normalized spacial score (nSPS) is 21.1. The molecule has 0 aliphatic carbocycles. The summed E-state index contributed by atoms with van der Waals surface area (Å²) >= 11 is 0. The lowest BCUT2D eigenvalue weighted by Crippen LogP contribution is -2.66. The van der Waals surface area contributed by atoms with Crippen LogP contribution in [0.25, 0.3) is 0 Å². The van der Waals surface area contributed by atoms with Crippen molar-refractivity contribution < 1.29 is 43.8 Å². The largest absolute Gasteiger partial charge is 0.479 e. The van der Waals surface area contributed by atoms with Crippen molar-refractivity contribution in [1.29, 1.82) is 0 Å². The van der Waals surface area contributed by atoms with Crippen molar-refractivity contribution in [3.63, 3.8) is 0 Å². The van der Waals surface area contributed by atoms with Crippen molar-refractivity contribution in [2.45, 2.75) is 77.4 Å². The van der Waals surface area contributed by atoms with Gasteiger partial charge in [0.25, 0.3) is 0 Å². The Morgan fingerprint density at radius 1 is 1.03 bits per heavy atom. The van der Waals surface area contributed by atoms with E-state index in [9.17, 15) is 34.3 Å². The topological polar surface area (TPSA) is 175 Å². The van der Waals surface area contributed by atoms with Crippen LogP contribution in [-0.4, -0.2) is 87.6 Å². The molecule has 33 heavy (non-hydrogen) atoms. The van der Waals surface area contributed by atoms with Crippen molar-refractivity contribution >= 4 is 31.2 Å². The highest BCUT2D eigenvalue weighted by atomic mass is 16.6. The van der Waals surface area contributed by atoms with Crippen molar-refractivity contribution in [2.24, 2.45) is 5.92 Å². The number of likely N-dealkylation sites (tertiary alicyclic amines) is 1. The van der Waals surface area contributed by atoms with E-state index in [1.165, 1.54) is 4.90 Å². The van der Waals surface area contributed by atoms with E-state index < -0.39 is 60.4 Å². The standard InChI is InChI=1S/C20H36BN3O9/c1-18(2,3)32-16(28)22-10-14(25)24-11-13(7-8-21(30)31)9-20(12-24,15(26)27)23-17(29)33-19(4,5)6/h13,30-31H,7-12H2,1-6H3,(H,22,28)(H,23,29)(H,26,27)/t13-,20+/m0/s1. The van der Waals surface area contributed by atoms with E-state index in [4.69, 9.17) is 9.47 Å². The van der Waals surface area contributed by atoms with Gasteiger partial charge in [-0.05, 0) is 60.2 Å². The molecule has 1 heterocycles. The number of carbonyl (C=O) groups is 4. The molecular weight excluding hydrogens is 437 g/mol. The molecule has 1 aliphatic heterocycles. The fourth-order valence-corrected chi connectivity index (χ4v) is 3.46. The Labute approximate surface area is 194 Å². The maximum absolute atomic E-state index is 12.8. The van der Waals surface area contributed by atoms with Crippen LogP contribution < -0.4 is 10.6 Å². The first-order chi connectivity index (χ1) is 14.9. The number of nitrogens with one attached hydrogen (secondary N) is 2. The number of amides is 3. The van der Waals surface area contributed by atoms with Gasteiger partial charge in [0.1, 0.15) is 17.7 Å². The fourth-order valence-electron chi connectivity index (χ4n) is 3.46. The predicted octanol–water partition coefficient (Wildman–Crippen LogP) is 0.571. The quantitative estimate of drug-likeness (QED) is 0.331.